The minimum Gasteiger partial charge on any atom is -0.494 e. The lowest BCUT2D eigenvalue weighted by Crippen LogP contribution is -2.03. The van der Waals surface area contributed by atoms with Gasteiger partial charge in [-0.15, -0.1) is 0 Å². The third-order valence-electron chi connectivity index (χ3n) is 4.39. The molecule has 0 saturated carbocycles. The van der Waals surface area contributed by atoms with Crippen LogP contribution in [-0.4, -0.2) is 27.4 Å². The Morgan fingerprint density at radius 2 is 1.25 bits per heavy atom. The summed E-state index contributed by atoms with van der Waals surface area (Å²) in [4.78, 5) is 0. The van der Waals surface area contributed by atoms with Crippen LogP contribution in [0.25, 0.3) is 12.2 Å². The largest absolute Gasteiger partial charge is 0.494 e. The summed E-state index contributed by atoms with van der Waals surface area (Å²) < 4.78 is 22.5. The third-order valence-corrected chi connectivity index (χ3v) is 4.39. The molecule has 150 valence electrons. The van der Waals surface area contributed by atoms with Gasteiger partial charge >= 0.3 is 0 Å². The van der Waals surface area contributed by atoms with E-state index in [9.17, 15) is 0 Å². The number of hydrogen-bond donors (Lipinski definition) is 0. The van der Waals surface area contributed by atoms with Gasteiger partial charge in [0.25, 0.3) is 0 Å². The Labute approximate surface area is 168 Å². The molecule has 0 aliphatic heterocycles. The molecule has 0 spiro atoms. The molecule has 0 saturated heterocycles. The van der Waals surface area contributed by atoms with Crippen molar-refractivity contribution in [2.24, 2.45) is 0 Å². The van der Waals surface area contributed by atoms with Gasteiger partial charge in [0.1, 0.15) is 5.75 Å². The zero-order chi connectivity index (χ0) is 20.2. The third kappa shape index (κ3) is 6.38. The highest BCUT2D eigenvalue weighted by Gasteiger charge is 2.13. The molecule has 0 unspecified atom stereocenters. The Hall–Kier alpha value is -2.88. The summed E-state index contributed by atoms with van der Waals surface area (Å²) in [6.07, 6.45) is 7.73. The number of ether oxygens (including phenoxy) is 4. The second-order valence-corrected chi connectivity index (χ2v) is 6.34. The van der Waals surface area contributed by atoms with Crippen LogP contribution in [0.3, 0.4) is 0 Å². The van der Waals surface area contributed by atoms with Crippen molar-refractivity contribution in [1.82, 2.24) is 0 Å². The first-order valence-corrected chi connectivity index (χ1v) is 9.58. The first-order chi connectivity index (χ1) is 13.7. The van der Waals surface area contributed by atoms with E-state index in [4.69, 9.17) is 18.9 Å². The van der Waals surface area contributed by atoms with Crippen molar-refractivity contribution in [3.8, 4) is 23.0 Å². The average molecular weight is 383 g/mol. The van der Waals surface area contributed by atoms with Gasteiger partial charge in [-0.1, -0.05) is 37.4 Å². The Bertz CT molecular complexity index is 725. The molecule has 28 heavy (non-hydrogen) atoms. The average Bonchev–Trinajstić information content (AvgIpc) is 2.75. The topological polar surface area (TPSA) is 36.9 Å². The van der Waals surface area contributed by atoms with Crippen LogP contribution in [-0.2, 0) is 0 Å². The fourth-order valence-electron chi connectivity index (χ4n) is 2.78. The summed E-state index contributed by atoms with van der Waals surface area (Å²) in [6.45, 7) is 8.87. The number of methoxy groups -OCH3 is 2. The molecular weight excluding hydrogens is 352 g/mol. The van der Waals surface area contributed by atoms with E-state index in [1.807, 2.05) is 42.5 Å². The maximum absolute atomic E-state index is 5.92. The monoisotopic (exact) mass is 382 g/mol. The highest BCUT2D eigenvalue weighted by Crippen LogP contribution is 2.39. The number of rotatable bonds is 13. The maximum Gasteiger partial charge on any atom is 0.203 e. The Kier molecular flexibility index (Phi) is 8.99. The Morgan fingerprint density at radius 3 is 1.75 bits per heavy atom. The minimum atomic E-state index is 0.615. The molecular formula is C24H30O4. The standard InChI is InChI=1S/C24H30O4/c1-5-19-11-13-21(14-12-19)27-15-9-7-8-10-16-28-24-22(25-3)17-20(6-2)18-23(24)26-4/h5-6,11-14,17-18H,1-2,7-10,15-16H2,3-4H3. The van der Waals surface area contributed by atoms with Crippen LogP contribution in [0.15, 0.2) is 49.6 Å². The second-order valence-electron chi connectivity index (χ2n) is 6.34. The Balaban J connectivity index is 1.67. The van der Waals surface area contributed by atoms with E-state index >= 15 is 0 Å². The highest BCUT2D eigenvalue weighted by atomic mass is 16.5. The fraction of sp³-hybridized carbons (Fsp3) is 0.333. The van der Waals surface area contributed by atoms with Gasteiger partial charge in [-0.2, -0.15) is 0 Å². The number of hydrogen-bond acceptors (Lipinski definition) is 4. The summed E-state index contributed by atoms with van der Waals surface area (Å²) >= 11 is 0. The van der Waals surface area contributed by atoms with Crippen LogP contribution in [0.1, 0.15) is 36.8 Å². The van der Waals surface area contributed by atoms with E-state index in [1.165, 1.54) is 0 Å². The second kappa shape index (κ2) is 11.8. The summed E-state index contributed by atoms with van der Waals surface area (Å²) in [5.41, 5.74) is 2.03. The van der Waals surface area contributed by atoms with E-state index < -0.39 is 0 Å². The van der Waals surface area contributed by atoms with Gasteiger partial charge in [0.05, 0.1) is 27.4 Å². The normalized spacial score (nSPS) is 10.2. The van der Waals surface area contributed by atoms with Crippen molar-refractivity contribution in [3.63, 3.8) is 0 Å². The van der Waals surface area contributed by atoms with Gasteiger partial charge < -0.3 is 18.9 Å². The molecule has 0 bridgehead atoms. The van der Waals surface area contributed by atoms with Crippen molar-refractivity contribution >= 4 is 12.2 Å². The van der Waals surface area contributed by atoms with Crippen molar-refractivity contribution in [2.75, 3.05) is 27.4 Å². The van der Waals surface area contributed by atoms with Gasteiger partial charge in [-0.25, -0.2) is 0 Å². The van der Waals surface area contributed by atoms with Crippen molar-refractivity contribution in [2.45, 2.75) is 25.7 Å². The molecule has 0 radical (unpaired) electrons. The van der Waals surface area contributed by atoms with Gasteiger partial charge in [-0.3, -0.25) is 0 Å². The molecule has 0 N–H and O–H groups in total. The van der Waals surface area contributed by atoms with Crippen LogP contribution in [0.4, 0.5) is 0 Å². The summed E-state index contributed by atoms with van der Waals surface area (Å²) in [5, 5.41) is 0. The highest BCUT2D eigenvalue weighted by molar-refractivity contribution is 5.61. The van der Waals surface area contributed by atoms with E-state index in [-0.39, 0.29) is 0 Å². The summed E-state index contributed by atoms with van der Waals surface area (Å²) in [5.74, 6) is 2.85. The van der Waals surface area contributed by atoms with Crippen molar-refractivity contribution in [3.05, 3.63) is 60.7 Å². The quantitative estimate of drug-likeness (QED) is 0.398. The van der Waals surface area contributed by atoms with E-state index in [0.717, 1.165) is 49.2 Å². The maximum atomic E-state index is 5.92. The van der Waals surface area contributed by atoms with Gasteiger partial charge in [0.15, 0.2) is 11.5 Å². The molecule has 2 rings (SSSR count). The summed E-state index contributed by atoms with van der Waals surface area (Å²) in [7, 11) is 3.25. The van der Waals surface area contributed by atoms with Gasteiger partial charge in [0.2, 0.25) is 5.75 Å². The SMILES string of the molecule is C=Cc1ccc(OCCCCCCOc2c(OC)cc(C=C)cc2OC)cc1. The molecule has 2 aromatic rings. The fourth-order valence-corrected chi connectivity index (χ4v) is 2.78. The van der Waals surface area contributed by atoms with Crippen LogP contribution >= 0.6 is 0 Å². The van der Waals surface area contributed by atoms with Crippen molar-refractivity contribution in [1.29, 1.82) is 0 Å². The van der Waals surface area contributed by atoms with Crippen molar-refractivity contribution < 1.29 is 18.9 Å². The molecule has 0 amide bonds. The Morgan fingerprint density at radius 1 is 0.714 bits per heavy atom. The molecule has 0 fully saturated rings. The zero-order valence-corrected chi connectivity index (χ0v) is 16.9. The van der Waals surface area contributed by atoms with E-state index in [1.54, 1.807) is 20.3 Å². The van der Waals surface area contributed by atoms with E-state index in [0.29, 0.717) is 23.9 Å². The summed E-state index contributed by atoms with van der Waals surface area (Å²) in [6, 6.07) is 11.7. The lowest BCUT2D eigenvalue weighted by Gasteiger charge is -2.15. The number of benzene rings is 2. The van der Waals surface area contributed by atoms with Crippen LogP contribution in [0.2, 0.25) is 0 Å². The molecule has 0 aromatic heterocycles. The molecule has 4 heteroatoms. The van der Waals surface area contributed by atoms with Crippen LogP contribution < -0.4 is 18.9 Å². The molecule has 0 heterocycles. The van der Waals surface area contributed by atoms with Crippen LogP contribution in [0, 0.1) is 0 Å². The molecule has 0 atom stereocenters. The lowest BCUT2D eigenvalue weighted by molar-refractivity contribution is 0.263. The molecule has 4 nitrogen and oxygen atoms in total. The van der Waals surface area contributed by atoms with Gasteiger partial charge in [-0.05, 0) is 61.1 Å². The predicted molar refractivity (Wildman–Crippen MR) is 116 cm³/mol. The lowest BCUT2D eigenvalue weighted by atomic mass is 10.1. The first kappa shape index (κ1) is 21.4. The zero-order valence-electron chi connectivity index (χ0n) is 16.9. The minimum absolute atomic E-state index is 0.615. The molecule has 0 aliphatic rings. The molecule has 2 aromatic carbocycles. The van der Waals surface area contributed by atoms with E-state index in [2.05, 4.69) is 13.2 Å². The van der Waals surface area contributed by atoms with Crippen LogP contribution in [0.5, 0.6) is 23.0 Å². The molecule has 0 aliphatic carbocycles. The predicted octanol–water partition coefficient (Wildman–Crippen LogP) is 6.01. The smallest absolute Gasteiger partial charge is 0.203 e. The van der Waals surface area contributed by atoms with Gasteiger partial charge in [0, 0.05) is 0 Å². The first-order valence-electron chi connectivity index (χ1n) is 9.58. The number of unbranched alkanes of at least 4 members (excludes halogenated alkanes) is 3.